The topological polar surface area (TPSA) is 77.6 Å². The van der Waals surface area contributed by atoms with Crippen molar-refractivity contribution in [2.75, 3.05) is 45.8 Å². The predicted molar refractivity (Wildman–Crippen MR) is 112 cm³/mol. The summed E-state index contributed by atoms with van der Waals surface area (Å²) in [5, 5.41) is 6.96. The smallest absolute Gasteiger partial charge is 0.234 e. The molecule has 3 rings (SSSR count). The van der Waals surface area contributed by atoms with Crippen molar-refractivity contribution in [3.8, 4) is 0 Å². The normalized spacial score (nSPS) is 15.8. The zero-order valence-electron chi connectivity index (χ0n) is 16.6. The number of fused-ring (bicyclic) bond motifs is 1. The first-order valence-corrected chi connectivity index (χ1v) is 10.7. The SMILES string of the molecule is CC(C)NC(=O)CN1CCN(CC(=O)NCCc2nc3ccccc3s2)CC1. The molecule has 152 valence electrons. The van der Waals surface area contributed by atoms with Crippen LogP contribution in [0.1, 0.15) is 18.9 Å². The number of carbonyl (C=O) groups is 2. The Bertz CT molecular complexity index is 766. The molecule has 1 saturated heterocycles. The number of piperazine rings is 1. The highest BCUT2D eigenvalue weighted by Crippen LogP contribution is 2.21. The van der Waals surface area contributed by atoms with E-state index in [1.807, 2.05) is 32.0 Å². The van der Waals surface area contributed by atoms with Gasteiger partial charge >= 0.3 is 0 Å². The molecule has 1 aromatic carbocycles. The Hall–Kier alpha value is -2.03. The van der Waals surface area contributed by atoms with Crippen molar-refractivity contribution < 1.29 is 9.59 Å². The van der Waals surface area contributed by atoms with Crippen LogP contribution < -0.4 is 10.6 Å². The highest BCUT2D eigenvalue weighted by Gasteiger charge is 2.20. The van der Waals surface area contributed by atoms with Gasteiger partial charge in [0.05, 0.1) is 28.3 Å². The van der Waals surface area contributed by atoms with Gasteiger partial charge in [-0.15, -0.1) is 11.3 Å². The second kappa shape index (κ2) is 9.95. The van der Waals surface area contributed by atoms with Crippen LogP contribution >= 0.6 is 11.3 Å². The molecule has 7 nitrogen and oxygen atoms in total. The van der Waals surface area contributed by atoms with Gasteiger partial charge in [-0.3, -0.25) is 19.4 Å². The lowest BCUT2D eigenvalue weighted by Crippen LogP contribution is -2.52. The fourth-order valence-corrected chi connectivity index (χ4v) is 4.24. The van der Waals surface area contributed by atoms with Crippen molar-refractivity contribution in [2.24, 2.45) is 0 Å². The van der Waals surface area contributed by atoms with Gasteiger partial charge in [0, 0.05) is 45.2 Å². The van der Waals surface area contributed by atoms with E-state index in [0.29, 0.717) is 19.6 Å². The van der Waals surface area contributed by atoms with Gasteiger partial charge in [-0.05, 0) is 26.0 Å². The lowest BCUT2D eigenvalue weighted by Gasteiger charge is -2.33. The molecule has 0 spiro atoms. The summed E-state index contributed by atoms with van der Waals surface area (Å²) in [6.45, 7) is 8.60. The molecule has 1 aromatic heterocycles. The quantitative estimate of drug-likeness (QED) is 0.690. The van der Waals surface area contributed by atoms with Crippen molar-refractivity contribution >= 4 is 33.4 Å². The first-order chi connectivity index (χ1) is 13.5. The number of benzene rings is 1. The molecular weight excluding hydrogens is 374 g/mol. The Labute approximate surface area is 170 Å². The molecule has 0 saturated carbocycles. The van der Waals surface area contributed by atoms with Gasteiger partial charge < -0.3 is 10.6 Å². The van der Waals surface area contributed by atoms with Gasteiger partial charge in [0.15, 0.2) is 0 Å². The second-order valence-corrected chi connectivity index (χ2v) is 8.56. The van der Waals surface area contributed by atoms with E-state index < -0.39 is 0 Å². The second-order valence-electron chi connectivity index (χ2n) is 7.45. The van der Waals surface area contributed by atoms with Gasteiger partial charge in [-0.1, -0.05) is 12.1 Å². The van der Waals surface area contributed by atoms with Crippen molar-refractivity contribution in [1.29, 1.82) is 0 Å². The number of amides is 2. The van der Waals surface area contributed by atoms with Gasteiger partial charge in [-0.25, -0.2) is 4.98 Å². The summed E-state index contributed by atoms with van der Waals surface area (Å²) < 4.78 is 1.18. The molecule has 2 heterocycles. The fraction of sp³-hybridized carbons (Fsp3) is 0.550. The molecule has 8 heteroatoms. The summed E-state index contributed by atoms with van der Waals surface area (Å²) in [6, 6.07) is 8.26. The molecule has 1 fully saturated rings. The average molecular weight is 404 g/mol. The number of nitrogens with zero attached hydrogens (tertiary/aromatic N) is 3. The number of carbonyl (C=O) groups excluding carboxylic acids is 2. The summed E-state index contributed by atoms with van der Waals surface area (Å²) in [5.41, 5.74) is 1.02. The van der Waals surface area contributed by atoms with Gasteiger partial charge in [0.2, 0.25) is 11.8 Å². The number of para-hydroxylation sites is 1. The molecule has 1 aliphatic rings. The van der Waals surface area contributed by atoms with E-state index in [1.54, 1.807) is 11.3 Å². The highest BCUT2D eigenvalue weighted by molar-refractivity contribution is 7.18. The van der Waals surface area contributed by atoms with Crippen molar-refractivity contribution in [3.63, 3.8) is 0 Å². The van der Waals surface area contributed by atoms with Crippen LogP contribution in [-0.4, -0.2) is 78.5 Å². The third-order valence-electron chi connectivity index (χ3n) is 4.65. The van der Waals surface area contributed by atoms with E-state index >= 15 is 0 Å². The molecule has 2 amide bonds. The third-order valence-corrected chi connectivity index (χ3v) is 5.74. The van der Waals surface area contributed by atoms with Gasteiger partial charge in [0.1, 0.15) is 0 Å². The Morgan fingerprint density at radius 3 is 2.36 bits per heavy atom. The number of rotatable bonds is 8. The number of thiazole rings is 1. The monoisotopic (exact) mass is 403 g/mol. The summed E-state index contributed by atoms with van der Waals surface area (Å²) in [7, 11) is 0. The molecule has 0 unspecified atom stereocenters. The Morgan fingerprint density at radius 2 is 1.71 bits per heavy atom. The lowest BCUT2D eigenvalue weighted by molar-refractivity contribution is -0.125. The zero-order valence-corrected chi connectivity index (χ0v) is 17.4. The third kappa shape index (κ3) is 6.25. The number of hydrogen-bond donors (Lipinski definition) is 2. The van der Waals surface area contributed by atoms with E-state index in [0.717, 1.165) is 43.1 Å². The van der Waals surface area contributed by atoms with E-state index in [-0.39, 0.29) is 17.9 Å². The Morgan fingerprint density at radius 1 is 1.07 bits per heavy atom. The first-order valence-electron chi connectivity index (χ1n) is 9.85. The van der Waals surface area contributed by atoms with E-state index in [9.17, 15) is 9.59 Å². The maximum absolute atomic E-state index is 12.2. The number of aromatic nitrogens is 1. The van der Waals surface area contributed by atoms with Gasteiger partial charge in [0.25, 0.3) is 0 Å². The Kier molecular flexibility index (Phi) is 7.36. The van der Waals surface area contributed by atoms with Crippen LogP contribution in [0.5, 0.6) is 0 Å². The van der Waals surface area contributed by atoms with Crippen LogP contribution in [0.3, 0.4) is 0 Å². The minimum Gasteiger partial charge on any atom is -0.355 e. The number of hydrogen-bond acceptors (Lipinski definition) is 6. The fourth-order valence-electron chi connectivity index (χ4n) is 3.27. The maximum atomic E-state index is 12.2. The molecular formula is C20H29N5O2S. The summed E-state index contributed by atoms with van der Waals surface area (Å²) in [5.74, 6) is 0.114. The van der Waals surface area contributed by atoms with Crippen LogP contribution in [0.25, 0.3) is 10.2 Å². The van der Waals surface area contributed by atoms with Gasteiger partial charge in [-0.2, -0.15) is 0 Å². The van der Waals surface area contributed by atoms with E-state index in [1.165, 1.54) is 4.70 Å². The zero-order chi connectivity index (χ0) is 19.9. The summed E-state index contributed by atoms with van der Waals surface area (Å²) in [4.78, 5) is 32.9. The maximum Gasteiger partial charge on any atom is 0.234 e. The van der Waals surface area contributed by atoms with Crippen LogP contribution in [-0.2, 0) is 16.0 Å². The molecule has 2 N–H and O–H groups in total. The number of nitrogens with one attached hydrogen (secondary N) is 2. The molecule has 2 aromatic rings. The molecule has 0 radical (unpaired) electrons. The largest absolute Gasteiger partial charge is 0.355 e. The molecule has 0 bridgehead atoms. The summed E-state index contributed by atoms with van der Waals surface area (Å²) in [6.07, 6.45) is 0.754. The molecule has 0 aliphatic carbocycles. The predicted octanol–water partition coefficient (Wildman–Crippen LogP) is 1.10. The lowest BCUT2D eigenvalue weighted by atomic mass is 10.3. The minimum absolute atomic E-state index is 0.0483. The van der Waals surface area contributed by atoms with Crippen LogP contribution in [0.15, 0.2) is 24.3 Å². The summed E-state index contributed by atoms with van der Waals surface area (Å²) >= 11 is 1.68. The minimum atomic E-state index is 0.0483. The van der Waals surface area contributed by atoms with E-state index in [2.05, 4.69) is 31.5 Å². The van der Waals surface area contributed by atoms with Crippen LogP contribution in [0.4, 0.5) is 0 Å². The van der Waals surface area contributed by atoms with Crippen molar-refractivity contribution in [1.82, 2.24) is 25.4 Å². The molecule has 1 aliphatic heterocycles. The average Bonchev–Trinajstić information content (AvgIpc) is 3.05. The van der Waals surface area contributed by atoms with E-state index in [4.69, 9.17) is 0 Å². The molecule has 0 atom stereocenters. The van der Waals surface area contributed by atoms with Crippen molar-refractivity contribution in [3.05, 3.63) is 29.3 Å². The van der Waals surface area contributed by atoms with Crippen LogP contribution in [0.2, 0.25) is 0 Å². The molecule has 28 heavy (non-hydrogen) atoms. The Balaban J connectivity index is 1.32. The van der Waals surface area contributed by atoms with Crippen molar-refractivity contribution in [2.45, 2.75) is 26.3 Å². The first kappa shape index (κ1) is 20.7. The standard InChI is InChI=1S/C20H29N5O2S/c1-15(2)22-19(27)14-25-11-9-24(10-12-25)13-18(26)21-8-7-20-23-16-5-3-4-6-17(16)28-20/h3-6,15H,7-14H2,1-2H3,(H,21,26)(H,22,27). The highest BCUT2D eigenvalue weighted by atomic mass is 32.1. The van der Waals surface area contributed by atoms with Crippen LogP contribution in [0, 0.1) is 0 Å².